The van der Waals surface area contributed by atoms with E-state index in [9.17, 15) is 4.79 Å². The zero-order valence-electron chi connectivity index (χ0n) is 40.1. The van der Waals surface area contributed by atoms with Crippen LogP contribution in [0.2, 0.25) is 5.02 Å². The number of aromatic nitrogens is 3. The molecule has 10 rings (SSSR count). The summed E-state index contributed by atoms with van der Waals surface area (Å²) in [4.78, 5) is 36.1. The van der Waals surface area contributed by atoms with Crippen LogP contribution < -0.4 is 28.7 Å². The average Bonchev–Trinajstić information content (AvgIpc) is 3.91. The molecule has 5 aliphatic rings. The number of halogens is 5. The normalized spacial score (nSPS) is 21.9. The number of aryl methyl sites for hydroxylation is 1. The first-order valence-electron chi connectivity index (χ1n) is 23.6. The number of anilines is 2. The van der Waals surface area contributed by atoms with Crippen LogP contribution in [0, 0.1) is 12.7 Å². The maximum absolute atomic E-state index is 18.2. The predicted octanol–water partition coefficient (Wildman–Crippen LogP) is 10.6. The Hall–Kier alpha value is -6.07. The third kappa shape index (κ3) is 8.66. The zero-order valence-corrected chi connectivity index (χ0v) is 40.8. The van der Waals surface area contributed by atoms with E-state index < -0.39 is 57.6 Å². The van der Waals surface area contributed by atoms with Crippen molar-refractivity contribution in [2.24, 2.45) is 0 Å². The lowest BCUT2D eigenvalue weighted by Gasteiger charge is -2.46. The van der Waals surface area contributed by atoms with Crippen molar-refractivity contribution in [3.8, 4) is 34.5 Å². The van der Waals surface area contributed by atoms with E-state index in [2.05, 4.69) is 16.5 Å². The maximum Gasteiger partial charge on any atom is 0.418 e. The highest BCUT2D eigenvalue weighted by Crippen LogP contribution is 2.53. The average molecular weight is 987 g/mol. The molecule has 0 N–H and O–H groups in total. The van der Waals surface area contributed by atoms with Gasteiger partial charge in [0.2, 0.25) is 0 Å². The zero-order chi connectivity index (χ0) is 49.4. The van der Waals surface area contributed by atoms with Crippen molar-refractivity contribution < 1.29 is 46.0 Å². The minimum absolute atomic E-state index is 0.0700. The summed E-state index contributed by atoms with van der Waals surface area (Å²) in [5.74, 6) is 0.415. The molecule has 3 aromatic carbocycles. The van der Waals surface area contributed by atoms with E-state index in [1.807, 2.05) is 54.8 Å². The number of pyridine rings is 1. The second kappa shape index (κ2) is 18.0. The molecule has 0 spiro atoms. The third-order valence-corrected chi connectivity index (χ3v) is 14.7. The lowest BCUT2D eigenvalue weighted by molar-refractivity contribution is -0.137. The molecule has 5 aromatic rings. The van der Waals surface area contributed by atoms with E-state index in [4.69, 9.17) is 45.3 Å². The molecule has 70 heavy (non-hydrogen) atoms. The quantitative estimate of drug-likeness (QED) is 0.0927. The number of fused-ring (bicyclic) bond motifs is 6. The van der Waals surface area contributed by atoms with Crippen LogP contribution >= 0.6 is 11.6 Å². The van der Waals surface area contributed by atoms with E-state index in [1.165, 1.54) is 13.0 Å². The van der Waals surface area contributed by atoms with E-state index >= 15 is 17.6 Å². The van der Waals surface area contributed by atoms with E-state index in [0.717, 1.165) is 42.6 Å². The number of benzene rings is 3. The largest absolute Gasteiger partial charge is 0.497 e. The Bertz CT molecular complexity index is 2810. The highest BCUT2D eigenvalue weighted by molar-refractivity contribution is 6.36. The van der Waals surface area contributed by atoms with Gasteiger partial charge in [0, 0.05) is 26.2 Å². The molecule has 370 valence electrons. The number of rotatable bonds is 11. The molecule has 18 heteroatoms. The molecule has 0 saturated carbocycles. The Labute approximate surface area is 409 Å². The van der Waals surface area contributed by atoms with Gasteiger partial charge in [-0.15, -0.1) is 0 Å². The number of carbonyl (C=O) groups excluding carboxylic acids is 1. The van der Waals surface area contributed by atoms with Crippen LogP contribution in [0.25, 0.3) is 22.2 Å². The number of amides is 1. The Morgan fingerprint density at radius 2 is 1.64 bits per heavy atom. The second-order valence-electron chi connectivity index (χ2n) is 20.1. The van der Waals surface area contributed by atoms with Crippen LogP contribution in [-0.2, 0) is 24.0 Å². The van der Waals surface area contributed by atoms with Crippen molar-refractivity contribution in [2.75, 3.05) is 56.9 Å². The summed E-state index contributed by atoms with van der Waals surface area (Å²) in [5.41, 5.74) is -1.46. The fraction of sp³-hybridized carbons (Fsp3) is 0.462. The second-order valence-corrected chi connectivity index (χ2v) is 20.5. The molecule has 7 heterocycles. The lowest BCUT2D eigenvalue weighted by Crippen LogP contribution is -2.63. The first-order valence-corrected chi connectivity index (χ1v) is 24.0. The summed E-state index contributed by atoms with van der Waals surface area (Å²) in [6, 6.07) is 14.6. The molecule has 5 aliphatic heterocycles. The van der Waals surface area contributed by atoms with Crippen molar-refractivity contribution in [3.05, 3.63) is 99.8 Å². The topological polar surface area (TPSA) is 115 Å². The van der Waals surface area contributed by atoms with Crippen LogP contribution in [0.1, 0.15) is 75.1 Å². The van der Waals surface area contributed by atoms with Gasteiger partial charge < -0.3 is 33.5 Å². The molecule has 1 amide bonds. The number of ether oxygens (including phenoxy) is 5. The molecule has 0 radical (unpaired) electrons. The summed E-state index contributed by atoms with van der Waals surface area (Å²) in [6.45, 7) is 13.4. The van der Waals surface area contributed by atoms with Gasteiger partial charge in [-0.05, 0) is 113 Å². The van der Waals surface area contributed by atoms with Gasteiger partial charge in [-0.3, -0.25) is 9.80 Å². The summed E-state index contributed by atoms with van der Waals surface area (Å²) in [6.07, 6.45) is -1.64. The van der Waals surface area contributed by atoms with Crippen LogP contribution in [0.4, 0.5) is 34.0 Å². The van der Waals surface area contributed by atoms with E-state index in [1.54, 1.807) is 43.4 Å². The predicted molar refractivity (Wildman–Crippen MR) is 258 cm³/mol. The minimum atomic E-state index is -5.00. The van der Waals surface area contributed by atoms with E-state index in [0.29, 0.717) is 30.8 Å². The Morgan fingerprint density at radius 1 is 0.971 bits per heavy atom. The molecule has 13 nitrogen and oxygen atoms in total. The highest BCUT2D eigenvalue weighted by Gasteiger charge is 2.53. The summed E-state index contributed by atoms with van der Waals surface area (Å²) < 4.78 is 94.8. The molecule has 0 unspecified atom stereocenters. The lowest BCUT2D eigenvalue weighted by atomic mass is 9.94. The van der Waals surface area contributed by atoms with Crippen molar-refractivity contribution in [3.63, 3.8) is 0 Å². The summed E-state index contributed by atoms with van der Waals surface area (Å²) >= 11 is 7.30. The van der Waals surface area contributed by atoms with Gasteiger partial charge in [-0.25, -0.2) is 14.2 Å². The molecular formula is C52H56ClF4N7O6. The van der Waals surface area contributed by atoms with Gasteiger partial charge in [-0.1, -0.05) is 48.0 Å². The van der Waals surface area contributed by atoms with Gasteiger partial charge in [0.15, 0.2) is 11.6 Å². The van der Waals surface area contributed by atoms with Gasteiger partial charge in [0.05, 0.1) is 65.1 Å². The molecule has 0 aliphatic carbocycles. The molecule has 4 atom stereocenters. The first-order chi connectivity index (χ1) is 33.3. The van der Waals surface area contributed by atoms with Crippen LogP contribution in [0.15, 0.2) is 66.7 Å². The van der Waals surface area contributed by atoms with Gasteiger partial charge in [0.25, 0.3) is 0 Å². The van der Waals surface area contributed by atoms with Gasteiger partial charge in [0.1, 0.15) is 47.5 Å². The van der Waals surface area contributed by atoms with E-state index in [-0.39, 0.29) is 84.3 Å². The maximum atomic E-state index is 18.2. The Morgan fingerprint density at radius 3 is 2.27 bits per heavy atom. The van der Waals surface area contributed by atoms with Gasteiger partial charge in [-0.2, -0.15) is 23.1 Å². The molecular weight excluding hydrogens is 930 g/mol. The monoisotopic (exact) mass is 985 g/mol. The van der Waals surface area contributed by atoms with Crippen molar-refractivity contribution in [2.45, 2.75) is 108 Å². The smallest absolute Gasteiger partial charge is 0.418 e. The van der Waals surface area contributed by atoms with Crippen molar-refractivity contribution in [1.82, 2.24) is 24.8 Å². The molecule has 2 bridgehead atoms. The standard InChI is InChI=1S/C52H56ClF4N7O6/c1-29-22-51(19-8-20-62(51)23-29)28-69-48-59-45-40-46(68-27-37-36-18-13-33(26-63(37)47(40)60-48)64(36)49(65)70-50(3,4)5)42(53)39(43(45)54)44-41(52(55,56)57)30(2)21-38(58-44)61(24-31-9-14-34(66-6)15-10-31)25-32-11-16-35(67-7)17-12-32/h9-12,14-17,21,33,36-37H,1,8,13,18-20,22-28H2,2-7H3/t33-,36+,37-,51+/m1/s1. The van der Waals surface area contributed by atoms with Crippen molar-refractivity contribution >= 4 is 40.2 Å². The number of alkyl halides is 3. The van der Waals surface area contributed by atoms with Crippen LogP contribution in [0.5, 0.6) is 23.3 Å². The fourth-order valence-electron chi connectivity index (χ4n) is 11.2. The molecule has 4 saturated heterocycles. The van der Waals surface area contributed by atoms with Crippen molar-refractivity contribution in [1.29, 1.82) is 0 Å². The highest BCUT2D eigenvalue weighted by atomic mass is 35.5. The fourth-order valence-corrected chi connectivity index (χ4v) is 11.5. The number of carbonyl (C=O) groups is 1. The Kier molecular flexibility index (Phi) is 12.2. The third-order valence-electron chi connectivity index (χ3n) is 14.3. The number of methoxy groups -OCH3 is 2. The number of hydrogen-bond acceptors (Lipinski definition) is 12. The SMILES string of the molecule is C=C1CN2CCC[C@@]2(COc2nc3c4c(c(Cl)c(-c5nc(N(Cc6ccc(OC)cc6)Cc6ccc(OC)cc6)cc(C)c5C(F)(F)F)c(F)c4n2)OC[C@@H]2[C@@H]4CC[C@H](CN32)N4C(=O)OC(C)(C)C)C1. The summed E-state index contributed by atoms with van der Waals surface area (Å²) in [5, 5.41) is -0.336. The van der Waals surface area contributed by atoms with Crippen LogP contribution in [-0.4, -0.2) is 107 Å². The summed E-state index contributed by atoms with van der Waals surface area (Å²) in [7, 11) is 3.12. The number of piperazine rings is 1. The van der Waals surface area contributed by atoms with Gasteiger partial charge >= 0.3 is 18.3 Å². The van der Waals surface area contributed by atoms with Crippen LogP contribution in [0.3, 0.4) is 0 Å². The first kappa shape index (κ1) is 47.6. The minimum Gasteiger partial charge on any atom is -0.497 e. The molecule has 4 fully saturated rings. The molecule has 2 aromatic heterocycles. The Balaban J connectivity index is 1.14. The number of nitrogens with zero attached hydrogens (tertiary/aromatic N) is 7. The number of hydrogen-bond donors (Lipinski definition) is 0.